The lowest BCUT2D eigenvalue weighted by molar-refractivity contribution is 0.668. The molecule has 9 aromatic rings. The molecular formula is C40H24N6O. The van der Waals surface area contributed by atoms with Gasteiger partial charge in [0.2, 0.25) is 0 Å². The van der Waals surface area contributed by atoms with Crippen molar-refractivity contribution in [2.24, 2.45) is 0 Å². The van der Waals surface area contributed by atoms with E-state index in [0.717, 1.165) is 72.2 Å². The van der Waals surface area contributed by atoms with Crippen LogP contribution in [0.25, 0.3) is 89.7 Å². The molecule has 220 valence electrons. The predicted molar refractivity (Wildman–Crippen MR) is 185 cm³/mol. The van der Waals surface area contributed by atoms with E-state index in [-0.39, 0.29) is 0 Å². The number of hydrogen-bond acceptors (Lipinski definition) is 7. The van der Waals surface area contributed by atoms with E-state index in [4.69, 9.17) is 24.4 Å². The third-order valence-corrected chi connectivity index (χ3v) is 8.25. The molecule has 0 N–H and O–H groups in total. The average Bonchev–Trinajstić information content (AvgIpc) is 3.53. The molecule has 7 nitrogen and oxygen atoms in total. The van der Waals surface area contributed by atoms with Crippen LogP contribution < -0.4 is 0 Å². The van der Waals surface area contributed by atoms with Gasteiger partial charge >= 0.3 is 0 Å². The van der Waals surface area contributed by atoms with Gasteiger partial charge in [-0.1, -0.05) is 97.1 Å². The molecule has 9 rings (SSSR count). The summed E-state index contributed by atoms with van der Waals surface area (Å²) in [5, 5.41) is 1.90. The molecule has 0 saturated heterocycles. The molecule has 4 heterocycles. The molecule has 0 aliphatic rings. The van der Waals surface area contributed by atoms with E-state index in [9.17, 15) is 0 Å². The Kier molecular flexibility index (Phi) is 6.31. The number of aromatic nitrogens is 6. The molecule has 0 bridgehead atoms. The highest BCUT2D eigenvalue weighted by Gasteiger charge is 2.15. The maximum Gasteiger partial charge on any atom is 0.164 e. The second kappa shape index (κ2) is 11.1. The lowest BCUT2D eigenvalue weighted by Gasteiger charge is -2.10. The van der Waals surface area contributed by atoms with Crippen LogP contribution in [-0.2, 0) is 0 Å². The first-order valence-electron chi connectivity index (χ1n) is 15.3. The van der Waals surface area contributed by atoms with Crippen LogP contribution in [0.4, 0.5) is 0 Å². The average molecular weight is 605 g/mol. The largest absolute Gasteiger partial charge is 0.454 e. The van der Waals surface area contributed by atoms with Gasteiger partial charge in [0.15, 0.2) is 23.1 Å². The monoisotopic (exact) mass is 604 g/mol. The predicted octanol–water partition coefficient (Wildman–Crippen LogP) is 9.44. The number of furan rings is 1. The normalized spacial score (nSPS) is 11.4. The van der Waals surface area contributed by atoms with Crippen molar-refractivity contribution >= 4 is 33.0 Å². The number of pyridine rings is 1. The van der Waals surface area contributed by atoms with Crippen LogP contribution >= 0.6 is 0 Å². The third-order valence-electron chi connectivity index (χ3n) is 8.25. The molecule has 0 atom stereocenters. The van der Waals surface area contributed by atoms with Crippen molar-refractivity contribution in [3.8, 4) is 56.7 Å². The first-order valence-corrected chi connectivity index (χ1v) is 15.3. The molecule has 0 fully saturated rings. The van der Waals surface area contributed by atoms with Crippen LogP contribution in [0.3, 0.4) is 0 Å². The first-order chi connectivity index (χ1) is 23.3. The highest BCUT2D eigenvalue weighted by molar-refractivity contribution is 6.03. The molecule has 7 heteroatoms. The van der Waals surface area contributed by atoms with Crippen molar-refractivity contribution in [1.29, 1.82) is 0 Å². The quantitative estimate of drug-likeness (QED) is 0.193. The first kappa shape index (κ1) is 26.8. The molecule has 47 heavy (non-hydrogen) atoms. The summed E-state index contributed by atoms with van der Waals surface area (Å²) in [6.45, 7) is 0. The second-order valence-corrected chi connectivity index (χ2v) is 11.2. The summed E-state index contributed by atoms with van der Waals surface area (Å²) in [6, 6.07) is 46.4. The van der Waals surface area contributed by atoms with Gasteiger partial charge in [-0.2, -0.15) is 0 Å². The van der Waals surface area contributed by atoms with Gasteiger partial charge in [-0.05, 0) is 53.6 Å². The molecule has 5 aromatic carbocycles. The Morgan fingerprint density at radius 3 is 1.81 bits per heavy atom. The maximum absolute atomic E-state index is 5.99. The molecule has 0 amide bonds. The van der Waals surface area contributed by atoms with Gasteiger partial charge in [0.25, 0.3) is 0 Å². The van der Waals surface area contributed by atoms with E-state index < -0.39 is 0 Å². The van der Waals surface area contributed by atoms with Crippen LogP contribution in [0.2, 0.25) is 0 Å². The zero-order valence-electron chi connectivity index (χ0n) is 24.9. The van der Waals surface area contributed by atoms with E-state index in [2.05, 4.69) is 40.3 Å². The van der Waals surface area contributed by atoms with Crippen LogP contribution in [0, 0.1) is 0 Å². The molecule has 4 aromatic heterocycles. The number of fused-ring (bicyclic) bond motifs is 4. The van der Waals surface area contributed by atoms with Gasteiger partial charge < -0.3 is 4.42 Å². The lowest BCUT2D eigenvalue weighted by Crippen LogP contribution is -2.00. The van der Waals surface area contributed by atoms with Crippen LogP contribution in [-0.4, -0.2) is 29.9 Å². The Morgan fingerprint density at radius 1 is 0.404 bits per heavy atom. The summed E-state index contributed by atoms with van der Waals surface area (Å²) in [7, 11) is 0. The third kappa shape index (κ3) is 4.87. The number of hydrogen-bond donors (Lipinski definition) is 0. The van der Waals surface area contributed by atoms with Gasteiger partial charge in [0.05, 0.1) is 16.9 Å². The summed E-state index contributed by atoms with van der Waals surface area (Å²) in [5.74, 6) is 1.87. The van der Waals surface area contributed by atoms with Crippen LogP contribution in [0.1, 0.15) is 0 Å². The molecule has 0 aliphatic carbocycles. The van der Waals surface area contributed by atoms with Crippen molar-refractivity contribution < 1.29 is 4.42 Å². The van der Waals surface area contributed by atoms with Crippen LogP contribution in [0.5, 0.6) is 0 Å². The fraction of sp³-hybridized carbons (Fsp3) is 0. The summed E-state index contributed by atoms with van der Waals surface area (Å²) >= 11 is 0. The fourth-order valence-corrected chi connectivity index (χ4v) is 5.94. The summed E-state index contributed by atoms with van der Waals surface area (Å²) < 4.78 is 5.99. The van der Waals surface area contributed by atoms with Crippen molar-refractivity contribution in [2.45, 2.75) is 0 Å². The molecule has 0 saturated carbocycles. The number of para-hydroxylation sites is 1. The van der Waals surface area contributed by atoms with Crippen molar-refractivity contribution in [1.82, 2.24) is 29.9 Å². The van der Waals surface area contributed by atoms with E-state index in [1.165, 1.54) is 0 Å². The molecule has 0 aliphatic heterocycles. The van der Waals surface area contributed by atoms with Gasteiger partial charge in [0.1, 0.15) is 17.4 Å². The van der Waals surface area contributed by atoms with Gasteiger partial charge in [-0.25, -0.2) is 29.9 Å². The Morgan fingerprint density at radius 2 is 1.04 bits per heavy atom. The Bertz CT molecular complexity index is 2520. The summed E-state index contributed by atoms with van der Waals surface area (Å²) in [4.78, 5) is 28.9. The standard InChI is InChI=1S/C40H24N6O/c1-3-10-25(11-4-1)38-44-39(26-12-5-2-6-13-26)46-40(45-38)29-15-9-14-27(22-29)28-18-19-30-33(23-28)41-24-42-36(30)32-20-21-35-37(43-32)31-16-7-8-17-34(31)47-35/h1-24H. The lowest BCUT2D eigenvalue weighted by atomic mass is 10.00. The van der Waals surface area contributed by atoms with Gasteiger partial charge in [0, 0.05) is 27.5 Å². The van der Waals surface area contributed by atoms with Crippen molar-refractivity contribution in [3.63, 3.8) is 0 Å². The van der Waals surface area contributed by atoms with E-state index in [1.807, 2.05) is 109 Å². The second-order valence-electron chi connectivity index (χ2n) is 11.2. The molecule has 0 radical (unpaired) electrons. The Labute approximate surface area is 269 Å². The van der Waals surface area contributed by atoms with Gasteiger partial charge in [-0.15, -0.1) is 0 Å². The zero-order valence-corrected chi connectivity index (χ0v) is 24.9. The molecule has 0 spiro atoms. The van der Waals surface area contributed by atoms with E-state index in [1.54, 1.807) is 6.33 Å². The maximum atomic E-state index is 5.99. The zero-order chi connectivity index (χ0) is 31.2. The Balaban J connectivity index is 1.12. The van der Waals surface area contributed by atoms with E-state index in [0.29, 0.717) is 17.5 Å². The fourth-order valence-electron chi connectivity index (χ4n) is 5.94. The highest BCUT2D eigenvalue weighted by Crippen LogP contribution is 2.33. The van der Waals surface area contributed by atoms with Crippen LogP contribution in [0.15, 0.2) is 150 Å². The minimum Gasteiger partial charge on any atom is -0.454 e. The summed E-state index contributed by atoms with van der Waals surface area (Å²) in [5.41, 5.74) is 9.57. The van der Waals surface area contributed by atoms with E-state index >= 15 is 0 Å². The van der Waals surface area contributed by atoms with Crippen molar-refractivity contribution in [3.05, 3.63) is 146 Å². The molecular weight excluding hydrogens is 580 g/mol. The molecule has 0 unspecified atom stereocenters. The van der Waals surface area contributed by atoms with Gasteiger partial charge in [-0.3, -0.25) is 0 Å². The number of benzene rings is 5. The van der Waals surface area contributed by atoms with Crippen molar-refractivity contribution in [2.75, 3.05) is 0 Å². The number of rotatable bonds is 5. The smallest absolute Gasteiger partial charge is 0.164 e. The number of nitrogens with zero attached hydrogens (tertiary/aromatic N) is 6. The minimum atomic E-state index is 0.609. The Hall–Kier alpha value is -6.60. The highest BCUT2D eigenvalue weighted by atomic mass is 16.3. The summed E-state index contributed by atoms with van der Waals surface area (Å²) in [6.07, 6.45) is 1.60. The topological polar surface area (TPSA) is 90.5 Å². The minimum absolute atomic E-state index is 0.609. The SMILES string of the molecule is c1ccc(-c2nc(-c3ccccc3)nc(-c3cccc(-c4ccc5c(-c6ccc7oc8ccccc8c7n6)ncnc5c4)c3)n2)cc1.